The molecule has 1 saturated carbocycles. The SMILES string of the molecule is O=C(O)Cc1ccc(NC(=O)C2CCCCC2)cc1F. The molecule has 0 spiro atoms. The van der Waals surface area contributed by atoms with Gasteiger partial charge < -0.3 is 10.4 Å². The van der Waals surface area contributed by atoms with Gasteiger partial charge in [-0.2, -0.15) is 0 Å². The smallest absolute Gasteiger partial charge is 0.307 e. The maximum Gasteiger partial charge on any atom is 0.307 e. The zero-order valence-electron chi connectivity index (χ0n) is 11.2. The first-order valence-corrected chi connectivity index (χ1v) is 6.87. The highest BCUT2D eigenvalue weighted by atomic mass is 19.1. The molecule has 1 aliphatic rings. The van der Waals surface area contributed by atoms with Gasteiger partial charge in [-0.3, -0.25) is 9.59 Å². The molecule has 0 saturated heterocycles. The second-order valence-corrected chi connectivity index (χ2v) is 5.20. The number of carbonyl (C=O) groups excluding carboxylic acids is 1. The lowest BCUT2D eigenvalue weighted by Crippen LogP contribution is -2.24. The van der Waals surface area contributed by atoms with Gasteiger partial charge in [0, 0.05) is 11.6 Å². The summed E-state index contributed by atoms with van der Waals surface area (Å²) in [5.41, 5.74) is 0.500. The summed E-state index contributed by atoms with van der Waals surface area (Å²) < 4.78 is 13.7. The molecular formula is C15H18FNO3. The summed E-state index contributed by atoms with van der Waals surface area (Å²) >= 11 is 0. The molecule has 0 unspecified atom stereocenters. The molecule has 20 heavy (non-hydrogen) atoms. The molecule has 0 aliphatic heterocycles. The Labute approximate surface area is 117 Å². The van der Waals surface area contributed by atoms with E-state index in [9.17, 15) is 14.0 Å². The van der Waals surface area contributed by atoms with Crippen LogP contribution in [0.2, 0.25) is 0 Å². The number of carbonyl (C=O) groups is 2. The van der Waals surface area contributed by atoms with Crippen LogP contribution in [0.5, 0.6) is 0 Å². The van der Waals surface area contributed by atoms with Crippen molar-refractivity contribution in [2.45, 2.75) is 38.5 Å². The van der Waals surface area contributed by atoms with Crippen molar-refractivity contribution < 1.29 is 19.1 Å². The van der Waals surface area contributed by atoms with Crippen LogP contribution in [-0.2, 0) is 16.0 Å². The number of nitrogens with one attached hydrogen (secondary N) is 1. The molecule has 0 radical (unpaired) electrons. The molecule has 1 fully saturated rings. The number of aliphatic carboxylic acids is 1. The summed E-state index contributed by atoms with van der Waals surface area (Å²) in [7, 11) is 0. The molecule has 108 valence electrons. The van der Waals surface area contributed by atoms with Crippen LogP contribution in [0.25, 0.3) is 0 Å². The first-order chi connectivity index (χ1) is 9.56. The lowest BCUT2D eigenvalue weighted by atomic mass is 9.88. The molecule has 1 aromatic carbocycles. The first kappa shape index (κ1) is 14.5. The summed E-state index contributed by atoms with van der Waals surface area (Å²) in [5.74, 6) is -1.75. The predicted molar refractivity (Wildman–Crippen MR) is 72.9 cm³/mol. The minimum Gasteiger partial charge on any atom is -0.481 e. The lowest BCUT2D eigenvalue weighted by molar-refractivity contribution is -0.136. The zero-order valence-corrected chi connectivity index (χ0v) is 11.2. The van der Waals surface area contributed by atoms with Crippen LogP contribution in [-0.4, -0.2) is 17.0 Å². The number of anilines is 1. The Bertz CT molecular complexity index is 510. The third kappa shape index (κ3) is 3.79. The summed E-state index contributed by atoms with van der Waals surface area (Å²) in [6.07, 6.45) is 4.69. The Kier molecular flexibility index (Phi) is 4.71. The largest absolute Gasteiger partial charge is 0.481 e. The number of rotatable bonds is 4. The molecule has 2 N–H and O–H groups in total. The van der Waals surface area contributed by atoms with E-state index in [0.717, 1.165) is 25.7 Å². The molecule has 0 heterocycles. The maximum atomic E-state index is 13.7. The molecule has 5 heteroatoms. The fraction of sp³-hybridized carbons (Fsp3) is 0.467. The first-order valence-electron chi connectivity index (χ1n) is 6.87. The quantitative estimate of drug-likeness (QED) is 0.890. The third-order valence-corrected chi connectivity index (χ3v) is 3.64. The zero-order chi connectivity index (χ0) is 14.5. The minimum absolute atomic E-state index is 0.00510. The van der Waals surface area contributed by atoms with E-state index in [0.29, 0.717) is 5.69 Å². The van der Waals surface area contributed by atoms with Crippen molar-refractivity contribution in [2.24, 2.45) is 5.92 Å². The van der Waals surface area contributed by atoms with Gasteiger partial charge in [0.15, 0.2) is 0 Å². The highest BCUT2D eigenvalue weighted by Crippen LogP contribution is 2.25. The summed E-state index contributed by atoms with van der Waals surface area (Å²) in [6, 6.07) is 4.13. The molecule has 0 bridgehead atoms. The molecular weight excluding hydrogens is 261 g/mol. The summed E-state index contributed by atoms with van der Waals surface area (Å²) in [5, 5.41) is 11.3. The third-order valence-electron chi connectivity index (χ3n) is 3.64. The van der Waals surface area contributed by atoms with Gasteiger partial charge in [-0.1, -0.05) is 25.3 Å². The number of halogens is 1. The van der Waals surface area contributed by atoms with Crippen LogP contribution in [0.3, 0.4) is 0 Å². The van der Waals surface area contributed by atoms with E-state index in [2.05, 4.69) is 5.32 Å². The normalized spacial score (nSPS) is 15.8. The van der Waals surface area contributed by atoms with Crippen LogP contribution >= 0.6 is 0 Å². The fourth-order valence-electron chi connectivity index (χ4n) is 2.54. The number of benzene rings is 1. The van der Waals surface area contributed by atoms with Crippen LogP contribution in [0.1, 0.15) is 37.7 Å². The Balaban J connectivity index is 2.00. The average Bonchev–Trinajstić information content (AvgIpc) is 2.42. The Hall–Kier alpha value is -1.91. The fourth-order valence-corrected chi connectivity index (χ4v) is 2.54. The van der Waals surface area contributed by atoms with Gasteiger partial charge in [0.1, 0.15) is 5.82 Å². The van der Waals surface area contributed by atoms with Crippen LogP contribution < -0.4 is 5.32 Å². The molecule has 1 amide bonds. The second kappa shape index (κ2) is 6.50. The van der Waals surface area contributed by atoms with Crippen LogP contribution in [0.15, 0.2) is 18.2 Å². The number of hydrogen-bond donors (Lipinski definition) is 2. The Morgan fingerprint density at radius 2 is 1.95 bits per heavy atom. The van der Waals surface area contributed by atoms with Gasteiger partial charge in [0.2, 0.25) is 5.91 Å². The van der Waals surface area contributed by atoms with E-state index in [1.807, 2.05) is 0 Å². The van der Waals surface area contributed by atoms with E-state index in [1.54, 1.807) is 6.07 Å². The molecule has 4 nitrogen and oxygen atoms in total. The van der Waals surface area contributed by atoms with E-state index < -0.39 is 11.8 Å². The average molecular weight is 279 g/mol. The van der Waals surface area contributed by atoms with Crippen molar-refractivity contribution in [3.05, 3.63) is 29.6 Å². The lowest BCUT2D eigenvalue weighted by Gasteiger charge is -2.20. The number of carboxylic acid groups (broad SMARTS) is 1. The van der Waals surface area contributed by atoms with Crippen LogP contribution in [0.4, 0.5) is 10.1 Å². The highest BCUT2D eigenvalue weighted by molar-refractivity contribution is 5.92. The van der Waals surface area contributed by atoms with E-state index in [1.165, 1.54) is 18.6 Å². The Morgan fingerprint density at radius 3 is 2.55 bits per heavy atom. The second-order valence-electron chi connectivity index (χ2n) is 5.20. The molecule has 1 aromatic rings. The van der Waals surface area contributed by atoms with Gasteiger partial charge in [-0.25, -0.2) is 4.39 Å². The van der Waals surface area contributed by atoms with Crippen molar-refractivity contribution in [2.75, 3.05) is 5.32 Å². The van der Waals surface area contributed by atoms with Gasteiger partial charge in [0.25, 0.3) is 0 Å². The highest BCUT2D eigenvalue weighted by Gasteiger charge is 2.21. The minimum atomic E-state index is -1.08. The van der Waals surface area contributed by atoms with Crippen molar-refractivity contribution >= 4 is 17.6 Å². The van der Waals surface area contributed by atoms with Gasteiger partial charge in [-0.05, 0) is 30.5 Å². The van der Waals surface area contributed by atoms with Gasteiger partial charge in [0.05, 0.1) is 6.42 Å². The maximum absolute atomic E-state index is 13.7. The molecule has 0 atom stereocenters. The number of amides is 1. The number of hydrogen-bond acceptors (Lipinski definition) is 2. The van der Waals surface area contributed by atoms with Gasteiger partial charge in [-0.15, -0.1) is 0 Å². The standard InChI is InChI=1S/C15H18FNO3/c16-13-9-12(7-6-11(13)8-14(18)19)17-15(20)10-4-2-1-3-5-10/h6-7,9-10H,1-5,8H2,(H,17,20)(H,18,19). The van der Waals surface area contributed by atoms with Crippen molar-refractivity contribution in [1.29, 1.82) is 0 Å². The predicted octanol–water partition coefficient (Wildman–Crippen LogP) is 2.97. The molecule has 0 aromatic heterocycles. The van der Waals surface area contributed by atoms with Gasteiger partial charge >= 0.3 is 5.97 Å². The van der Waals surface area contributed by atoms with E-state index >= 15 is 0 Å². The van der Waals surface area contributed by atoms with E-state index in [-0.39, 0.29) is 23.8 Å². The summed E-state index contributed by atoms with van der Waals surface area (Å²) in [4.78, 5) is 22.6. The Morgan fingerprint density at radius 1 is 1.25 bits per heavy atom. The van der Waals surface area contributed by atoms with Crippen molar-refractivity contribution in [3.63, 3.8) is 0 Å². The molecule has 2 rings (SSSR count). The van der Waals surface area contributed by atoms with Crippen molar-refractivity contribution in [1.82, 2.24) is 0 Å². The van der Waals surface area contributed by atoms with Crippen molar-refractivity contribution in [3.8, 4) is 0 Å². The summed E-state index contributed by atoms with van der Waals surface area (Å²) in [6.45, 7) is 0. The number of carboxylic acids is 1. The monoisotopic (exact) mass is 279 g/mol. The van der Waals surface area contributed by atoms with Crippen LogP contribution in [0, 0.1) is 11.7 Å². The topological polar surface area (TPSA) is 66.4 Å². The van der Waals surface area contributed by atoms with E-state index in [4.69, 9.17) is 5.11 Å². The molecule has 1 aliphatic carbocycles.